The molecule has 4 nitrogen and oxygen atoms in total. The maximum atomic E-state index is 13.7. The maximum absolute atomic E-state index is 13.7. The van der Waals surface area contributed by atoms with Crippen molar-refractivity contribution in [3.8, 4) is 5.75 Å². The minimum Gasteiger partial charge on any atom is -0.488 e. The summed E-state index contributed by atoms with van der Waals surface area (Å²) in [5.41, 5.74) is 0.884. The van der Waals surface area contributed by atoms with Crippen LogP contribution in [0.3, 0.4) is 0 Å². The Morgan fingerprint density at radius 2 is 1.83 bits per heavy atom. The smallest absolute Gasteiger partial charge is 0.335 e. The van der Waals surface area contributed by atoms with E-state index in [1.807, 2.05) is 45.0 Å². The van der Waals surface area contributed by atoms with Gasteiger partial charge in [0.2, 0.25) is 0 Å². The number of nitrogens with one attached hydrogen (secondary N) is 1. The number of anilines is 1. The number of carbonyl (C=O) groups is 1. The molecule has 0 saturated heterocycles. The van der Waals surface area contributed by atoms with E-state index in [9.17, 15) is 9.18 Å². The van der Waals surface area contributed by atoms with Crippen LogP contribution in [0.4, 0.5) is 10.1 Å². The van der Waals surface area contributed by atoms with Crippen LogP contribution in [0.5, 0.6) is 5.75 Å². The number of carboxylic acids is 1. The number of hydrogen-bond donors (Lipinski definition) is 2. The second kappa shape index (κ2) is 6.69. The lowest BCUT2D eigenvalue weighted by Gasteiger charge is -2.21. The van der Waals surface area contributed by atoms with Gasteiger partial charge in [0.1, 0.15) is 17.2 Å². The molecule has 2 N–H and O–H groups in total. The summed E-state index contributed by atoms with van der Waals surface area (Å²) in [4.78, 5) is 10.9. The standard InChI is InChI=1S/C18H20FNO3/c1-18(2,3)23-14-7-4-12(5-8-14)11-20-16-10-13(17(21)22)6-9-15(16)19/h4-10,20H,11H2,1-3H3,(H,21,22). The quantitative estimate of drug-likeness (QED) is 0.862. The molecule has 0 radical (unpaired) electrons. The fraction of sp³-hybridized carbons (Fsp3) is 0.278. The van der Waals surface area contributed by atoms with Crippen LogP contribution in [-0.4, -0.2) is 16.7 Å². The van der Waals surface area contributed by atoms with Crippen LogP contribution in [0.2, 0.25) is 0 Å². The van der Waals surface area contributed by atoms with Crippen LogP contribution in [0, 0.1) is 5.82 Å². The Morgan fingerprint density at radius 1 is 1.17 bits per heavy atom. The predicted octanol–water partition coefficient (Wildman–Crippen LogP) is 4.31. The van der Waals surface area contributed by atoms with E-state index in [1.54, 1.807) is 0 Å². The first-order valence-electron chi connectivity index (χ1n) is 7.29. The van der Waals surface area contributed by atoms with Crippen molar-refractivity contribution in [1.29, 1.82) is 0 Å². The monoisotopic (exact) mass is 317 g/mol. The van der Waals surface area contributed by atoms with Gasteiger partial charge in [-0.25, -0.2) is 9.18 Å². The first-order chi connectivity index (χ1) is 10.7. The highest BCUT2D eigenvalue weighted by Gasteiger charge is 2.11. The van der Waals surface area contributed by atoms with Gasteiger partial charge in [0.15, 0.2) is 0 Å². The number of rotatable bonds is 5. The Labute approximate surface area is 134 Å². The fourth-order valence-corrected chi connectivity index (χ4v) is 2.02. The van der Waals surface area contributed by atoms with E-state index in [0.717, 1.165) is 17.4 Å². The summed E-state index contributed by atoms with van der Waals surface area (Å²) in [7, 11) is 0. The minimum atomic E-state index is -1.09. The Balaban J connectivity index is 2.04. The molecule has 0 aromatic heterocycles. The van der Waals surface area contributed by atoms with Crippen molar-refractivity contribution in [2.45, 2.75) is 32.9 Å². The van der Waals surface area contributed by atoms with Crippen molar-refractivity contribution < 1.29 is 19.0 Å². The third-order valence-corrected chi connectivity index (χ3v) is 3.04. The van der Waals surface area contributed by atoms with Gasteiger partial charge >= 0.3 is 5.97 Å². The minimum absolute atomic E-state index is 0.0443. The molecule has 0 aliphatic carbocycles. The summed E-state index contributed by atoms with van der Waals surface area (Å²) in [5.74, 6) is -0.806. The maximum Gasteiger partial charge on any atom is 0.335 e. The van der Waals surface area contributed by atoms with Gasteiger partial charge in [-0.15, -0.1) is 0 Å². The average molecular weight is 317 g/mol. The van der Waals surface area contributed by atoms with E-state index in [4.69, 9.17) is 9.84 Å². The molecule has 0 unspecified atom stereocenters. The van der Waals surface area contributed by atoms with Gasteiger partial charge < -0.3 is 15.2 Å². The molecule has 2 rings (SSSR count). The van der Waals surface area contributed by atoms with Crippen molar-refractivity contribution in [2.24, 2.45) is 0 Å². The van der Waals surface area contributed by atoms with E-state index in [1.165, 1.54) is 12.1 Å². The number of carboxylic acid groups (broad SMARTS) is 1. The summed E-state index contributed by atoms with van der Waals surface area (Å²) in [6, 6.07) is 11.1. The SMILES string of the molecule is CC(C)(C)Oc1ccc(CNc2cc(C(=O)O)ccc2F)cc1. The normalized spacial score (nSPS) is 11.1. The molecule has 0 saturated carbocycles. The molecule has 0 aliphatic heterocycles. The van der Waals surface area contributed by atoms with E-state index in [2.05, 4.69) is 5.32 Å². The highest BCUT2D eigenvalue weighted by atomic mass is 19.1. The lowest BCUT2D eigenvalue weighted by atomic mass is 10.1. The number of benzene rings is 2. The molecular formula is C18H20FNO3. The lowest BCUT2D eigenvalue weighted by Crippen LogP contribution is -2.22. The Kier molecular flexibility index (Phi) is 4.89. The van der Waals surface area contributed by atoms with Gasteiger partial charge in [-0.2, -0.15) is 0 Å². The predicted molar refractivity (Wildman–Crippen MR) is 87.5 cm³/mol. The van der Waals surface area contributed by atoms with Gasteiger partial charge in [0, 0.05) is 6.54 Å². The van der Waals surface area contributed by atoms with Crippen LogP contribution < -0.4 is 10.1 Å². The van der Waals surface area contributed by atoms with Gasteiger partial charge in [0.05, 0.1) is 11.3 Å². The molecule has 0 aliphatic rings. The van der Waals surface area contributed by atoms with Crippen molar-refractivity contribution in [3.05, 3.63) is 59.4 Å². The molecule has 0 heterocycles. The molecular weight excluding hydrogens is 297 g/mol. The van der Waals surface area contributed by atoms with Crippen LogP contribution >= 0.6 is 0 Å². The second-order valence-corrected chi connectivity index (χ2v) is 6.21. The highest BCUT2D eigenvalue weighted by molar-refractivity contribution is 5.88. The van der Waals surface area contributed by atoms with E-state index >= 15 is 0 Å². The Bertz CT molecular complexity index is 690. The summed E-state index contributed by atoms with van der Waals surface area (Å²) in [6.07, 6.45) is 0. The molecule has 2 aromatic rings. The van der Waals surface area contributed by atoms with Gasteiger partial charge in [-0.05, 0) is 56.7 Å². The number of ether oxygens (including phenoxy) is 1. The zero-order valence-electron chi connectivity index (χ0n) is 13.4. The zero-order chi connectivity index (χ0) is 17.0. The molecule has 122 valence electrons. The van der Waals surface area contributed by atoms with Crippen LogP contribution in [-0.2, 0) is 6.54 Å². The van der Waals surface area contributed by atoms with Crippen molar-refractivity contribution in [1.82, 2.24) is 0 Å². The number of halogens is 1. The Hall–Kier alpha value is -2.56. The number of aromatic carboxylic acids is 1. The highest BCUT2D eigenvalue weighted by Crippen LogP contribution is 2.20. The first-order valence-corrected chi connectivity index (χ1v) is 7.29. The zero-order valence-corrected chi connectivity index (χ0v) is 13.4. The summed E-state index contributed by atoms with van der Waals surface area (Å²) in [5, 5.41) is 11.9. The Morgan fingerprint density at radius 3 is 2.39 bits per heavy atom. The molecule has 23 heavy (non-hydrogen) atoms. The van der Waals surface area contributed by atoms with Crippen LogP contribution in [0.1, 0.15) is 36.7 Å². The summed E-state index contributed by atoms with van der Waals surface area (Å²) in [6.45, 7) is 6.30. The largest absolute Gasteiger partial charge is 0.488 e. The van der Waals surface area contributed by atoms with Gasteiger partial charge in [0.25, 0.3) is 0 Å². The molecule has 0 spiro atoms. The van der Waals surface area contributed by atoms with E-state index < -0.39 is 11.8 Å². The average Bonchev–Trinajstić information content (AvgIpc) is 2.46. The van der Waals surface area contributed by atoms with E-state index in [0.29, 0.717) is 6.54 Å². The molecule has 0 bridgehead atoms. The molecule has 0 amide bonds. The third-order valence-electron chi connectivity index (χ3n) is 3.04. The molecule has 0 fully saturated rings. The molecule has 5 heteroatoms. The van der Waals surface area contributed by atoms with Crippen molar-refractivity contribution in [3.63, 3.8) is 0 Å². The van der Waals surface area contributed by atoms with Crippen LogP contribution in [0.25, 0.3) is 0 Å². The summed E-state index contributed by atoms with van der Waals surface area (Å²) >= 11 is 0. The number of hydrogen-bond acceptors (Lipinski definition) is 3. The topological polar surface area (TPSA) is 58.6 Å². The van der Waals surface area contributed by atoms with Crippen molar-refractivity contribution >= 4 is 11.7 Å². The van der Waals surface area contributed by atoms with Crippen molar-refractivity contribution in [2.75, 3.05) is 5.32 Å². The van der Waals surface area contributed by atoms with Gasteiger partial charge in [-0.3, -0.25) is 0 Å². The van der Waals surface area contributed by atoms with Gasteiger partial charge in [-0.1, -0.05) is 12.1 Å². The van der Waals surface area contributed by atoms with Crippen LogP contribution in [0.15, 0.2) is 42.5 Å². The molecule has 2 aromatic carbocycles. The molecule has 0 atom stereocenters. The third kappa shape index (κ3) is 4.98. The fourth-order valence-electron chi connectivity index (χ4n) is 2.02. The lowest BCUT2D eigenvalue weighted by molar-refractivity contribution is 0.0697. The summed E-state index contributed by atoms with van der Waals surface area (Å²) < 4.78 is 19.4. The van der Waals surface area contributed by atoms with E-state index in [-0.39, 0.29) is 16.9 Å². The second-order valence-electron chi connectivity index (χ2n) is 6.21. The first kappa shape index (κ1) is 16.8.